The highest BCUT2D eigenvalue weighted by molar-refractivity contribution is 7.11. The quantitative estimate of drug-likeness (QED) is 0.437. The van der Waals surface area contributed by atoms with Crippen LogP contribution in [0.3, 0.4) is 0 Å². The molecule has 0 saturated heterocycles. The second kappa shape index (κ2) is 7.12. The van der Waals surface area contributed by atoms with Gasteiger partial charge in [0.2, 0.25) is 0 Å². The third-order valence-electron chi connectivity index (χ3n) is 4.44. The number of rotatable bonds is 6. The fourth-order valence-corrected chi connectivity index (χ4v) is 3.63. The maximum Gasteiger partial charge on any atom is 0.180 e. The molecule has 1 aromatic carbocycles. The minimum Gasteiger partial charge on any atom is -0.268 e. The van der Waals surface area contributed by atoms with Crippen molar-refractivity contribution < 1.29 is 4.84 Å². The van der Waals surface area contributed by atoms with Crippen molar-refractivity contribution in [3.8, 4) is 5.69 Å². The number of fused-ring (bicyclic) bond motifs is 3. The molecule has 0 bridgehead atoms. The molecule has 4 aromatic heterocycles. The monoisotopic (exact) mass is 403 g/mol. The summed E-state index contributed by atoms with van der Waals surface area (Å²) < 4.78 is 3.43. The Morgan fingerprint density at radius 3 is 2.86 bits per heavy atom. The summed E-state index contributed by atoms with van der Waals surface area (Å²) in [6, 6.07) is 12.1. The maximum absolute atomic E-state index is 5.51. The molecule has 0 amide bonds. The summed E-state index contributed by atoms with van der Waals surface area (Å²) in [5.41, 5.74) is 7.09. The molecule has 4 heterocycles. The Hall–Kier alpha value is -3.56. The van der Waals surface area contributed by atoms with Crippen molar-refractivity contribution in [3.05, 3.63) is 77.1 Å². The summed E-state index contributed by atoms with van der Waals surface area (Å²) in [6.45, 7) is 6.20. The van der Waals surface area contributed by atoms with E-state index >= 15 is 0 Å². The maximum atomic E-state index is 5.51. The highest BCUT2D eigenvalue weighted by atomic mass is 32.1. The lowest BCUT2D eigenvalue weighted by atomic mass is 10.2. The van der Waals surface area contributed by atoms with Gasteiger partial charge in [-0.3, -0.25) is 10.3 Å². The summed E-state index contributed by atoms with van der Waals surface area (Å²) in [6.07, 6.45) is 3.40. The highest BCUT2D eigenvalue weighted by Crippen LogP contribution is 2.20. The second-order valence-electron chi connectivity index (χ2n) is 6.52. The van der Waals surface area contributed by atoms with Crippen molar-refractivity contribution >= 4 is 33.7 Å². The Balaban J connectivity index is 1.39. The van der Waals surface area contributed by atoms with Crippen LogP contribution in [0.2, 0.25) is 0 Å². The normalized spacial score (nSPS) is 11.3. The number of hydrogen-bond donors (Lipinski definition) is 1. The van der Waals surface area contributed by atoms with E-state index in [4.69, 9.17) is 4.84 Å². The van der Waals surface area contributed by atoms with Gasteiger partial charge in [0.15, 0.2) is 17.1 Å². The number of aromatic nitrogens is 6. The molecule has 144 valence electrons. The van der Waals surface area contributed by atoms with Crippen LogP contribution in [0, 0.1) is 6.92 Å². The van der Waals surface area contributed by atoms with E-state index in [-0.39, 0.29) is 6.61 Å². The second-order valence-corrected chi connectivity index (χ2v) is 7.46. The molecule has 0 aliphatic heterocycles. The predicted molar refractivity (Wildman–Crippen MR) is 111 cm³/mol. The molecule has 0 spiro atoms. The number of thiophene rings is 1. The lowest BCUT2D eigenvalue weighted by Crippen LogP contribution is -2.12. The van der Waals surface area contributed by atoms with E-state index < -0.39 is 0 Å². The van der Waals surface area contributed by atoms with Gasteiger partial charge in [-0.25, -0.2) is 19.2 Å². The standard InChI is InChI=1S/C20H17N7OS/c1-13-5-7-15(8-6-13)27-19-16(10-22-27)20-23-18(24-26(20)12-21-19)11-28-25-14(2)17-4-3-9-29-17/h3-10,12,25H,2,11H2,1H3. The van der Waals surface area contributed by atoms with Gasteiger partial charge in [0.25, 0.3) is 0 Å². The third-order valence-corrected chi connectivity index (χ3v) is 5.37. The molecule has 0 radical (unpaired) electrons. The summed E-state index contributed by atoms with van der Waals surface area (Å²) in [4.78, 5) is 15.6. The molecule has 9 heteroatoms. The fourth-order valence-electron chi connectivity index (χ4n) is 2.99. The molecule has 1 N–H and O–H groups in total. The molecule has 5 rings (SSSR count). The minimum atomic E-state index is 0.194. The Bertz CT molecular complexity index is 1300. The molecule has 0 atom stereocenters. The van der Waals surface area contributed by atoms with Crippen LogP contribution in [0.4, 0.5) is 0 Å². The van der Waals surface area contributed by atoms with Gasteiger partial charge in [0.05, 0.1) is 27.8 Å². The lowest BCUT2D eigenvalue weighted by molar-refractivity contribution is 0.0605. The molecule has 29 heavy (non-hydrogen) atoms. The van der Waals surface area contributed by atoms with Gasteiger partial charge in [-0.05, 0) is 30.5 Å². The zero-order valence-corrected chi connectivity index (χ0v) is 16.4. The first-order chi connectivity index (χ1) is 14.2. The van der Waals surface area contributed by atoms with Gasteiger partial charge in [-0.2, -0.15) is 5.10 Å². The Morgan fingerprint density at radius 2 is 2.07 bits per heavy atom. The van der Waals surface area contributed by atoms with Crippen molar-refractivity contribution in [2.24, 2.45) is 0 Å². The first kappa shape index (κ1) is 17.5. The molecule has 0 unspecified atom stereocenters. The molecule has 0 fully saturated rings. The number of nitrogens with one attached hydrogen (secondary N) is 1. The van der Waals surface area contributed by atoms with Crippen LogP contribution >= 0.6 is 11.3 Å². The van der Waals surface area contributed by atoms with Crippen LogP contribution in [0.5, 0.6) is 0 Å². The molecular formula is C20H17N7OS. The van der Waals surface area contributed by atoms with E-state index in [2.05, 4.69) is 39.1 Å². The van der Waals surface area contributed by atoms with Crippen molar-refractivity contribution in [2.75, 3.05) is 0 Å². The average Bonchev–Trinajstić information content (AvgIpc) is 3.47. The Kier molecular flexibility index (Phi) is 4.30. The molecule has 0 saturated carbocycles. The van der Waals surface area contributed by atoms with Crippen LogP contribution in [0.1, 0.15) is 16.3 Å². The minimum absolute atomic E-state index is 0.194. The number of hydrogen-bond acceptors (Lipinski definition) is 7. The summed E-state index contributed by atoms with van der Waals surface area (Å²) in [7, 11) is 0. The van der Waals surface area contributed by atoms with Crippen LogP contribution in [0.15, 0.2) is 60.9 Å². The molecule has 0 aliphatic carbocycles. The van der Waals surface area contributed by atoms with E-state index in [9.17, 15) is 0 Å². The zero-order chi connectivity index (χ0) is 19.8. The Morgan fingerprint density at radius 1 is 1.21 bits per heavy atom. The van der Waals surface area contributed by atoms with Gasteiger partial charge in [0, 0.05) is 0 Å². The van der Waals surface area contributed by atoms with Gasteiger partial charge in [-0.15, -0.1) is 16.4 Å². The Labute approximate surface area is 170 Å². The van der Waals surface area contributed by atoms with Gasteiger partial charge < -0.3 is 0 Å². The van der Waals surface area contributed by atoms with Crippen LogP contribution < -0.4 is 5.48 Å². The van der Waals surface area contributed by atoms with Crippen molar-refractivity contribution in [3.63, 3.8) is 0 Å². The van der Waals surface area contributed by atoms with Crippen molar-refractivity contribution in [1.82, 2.24) is 34.8 Å². The SMILES string of the molecule is C=C(NOCc1nc2c3cnn(-c4ccc(C)cc4)c3ncn2n1)c1cccs1. The number of aryl methyl sites for hydroxylation is 1. The van der Waals surface area contributed by atoms with E-state index in [1.165, 1.54) is 5.56 Å². The summed E-state index contributed by atoms with van der Waals surface area (Å²) >= 11 is 1.59. The first-order valence-electron chi connectivity index (χ1n) is 8.94. The third kappa shape index (κ3) is 3.26. The van der Waals surface area contributed by atoms with E-state index in [1.807, 2.05) is 41.8 Å². The zero-order valence-electron chi connectivity index (χ0n) is 15.6. The van der Waals surface area contributed by atoms with E-state index in [0.29, 0.717) is 17.2 Å². The van der Waals surface area contributed by atoms with E-state index in [1.54, 1.807) is 33.1 Å². The van der Waals surface area contributed by atoms with Crippen LogP contribution in [-0.2, 0) is 11.4 Å². The largest absolute Gasteiger partial charge is 0.268 e. The number of benzene rings is 1. The molecular weight excluding hydrogens is 386 g/mol. The van der Waals surface area contributed by atoms with Crippen LogP contribution in [0.25, 0.3) is 28.1 Å². The molecule has 8 nitrogen and oxygen atoms in total. The van der Waals surface area contributed by atoms with Crippen molar-refractivity contribution in [2.45, 2.75) is 13.5 Å². The van der Waals surface area contributed by atoms with Gasteiger partial charge in [-0.1, -0.05) is 30.3 Å². The van der Waals surface area contributed by atoms with E-state index in [0.717, 1.165) is 21.6 Å². The highest BCUT2D eigenvalue weighted by Gasteiger charge is 2.14. The fraction of sp³-hybridized carbons (Fsp3) is 0.100. The molecule has 5 aromatic rings. The first-order valence-corrected chi connectivity index (χ1v) is 9.82. The van der Waals surface area contributed by atoms with Gasteiger partial charge >= 0.3 is 0 Å². The lowest BCUT2D eigenvalue weighted by Gasteiger charge is -2.05. The summed E-state index contributed by atoms with van der Waals surface area (Å²) in [5.74, 6) is 0.536. The van der Waals surface area contributed by atoms with Gasteiger partial charge in [0.1, 0.15) is 12.9 Å². The van der Waals surface area contributed by atoms with Crippen LogP contribution in [-0.4, -0.2) is 29.4 Å². The average molecular weight is 403 g/mol. The number of nitrogens with zero attached hydrogens (tertiary/aromatic N) is 6. The predicted octanol–water partition coefficient (Wildman–Crippen LogP) is 3.53. The summed E-state index contributed by atoms with van der Waals surface area (Å²) in [5, 5.41) is 11.7. The van der Waals surface area contributed by atoms with Crippen molar-refractivity contribution in [1.29, 1.82) is 0 Å². The molecule has 0 aliphatic rings. The number of hydroxylamine groups is 1. The topological polar surface area (TPSA) is 82.2 Å². The smallest absolute Gasteiger partial charge is 0.180 e.